The topological polar surface area (TPSA) is 99.3 Å². The van der Waals surface area contributed by atoms with Gasteiger partial charge in [-0.05, 0) is 25.7 Å². The first-order chi connectivity index (χ1) is 12.1. The third kappa shape index (κ3) is 6.76. The Bertz CT molecular complexity index is 475. The van der Waals surface area contributed by atoms with Crippen LogP contribution in [0.15, 0.2) is 0 Å². The van der Waals surface area contributed by atoms with E-state index in [1.165, 1.54) is 0 Å². The Kier molecular flexibility index (Phi) is 8.37. The van der Waals surface area contributed by atoms with Gasteiger partial charge in [-0.1, -0.05) is 12.8 Å². The molecule has 2 aliphatic rings. The average molecular weight is 371 g/mol. The zero-order chi connectivity index (χ0) is 18.1. The molecule has 0 unspecified atom stereocenters. The molecule has 142 valence electrons. The van der Waals surface area contributed by atoms with Crippen LogP contribution >= 0.6 is 11.8 Å². The maximum atomic E-state index is 11.8. The number of fused-ring (bicyclic) bond motifs is 1. The summed E-state index contributed by atoms with van der Waals surface area (Å²) in [7, 11) is 1.65. The van der Waals surface area contributed by atoms with Crippen molar-refractivity contribution in [2.24, 2.45) is 0 Å². The largest absolute Gasteiger partial charge is 0.359 e. The van der Waals surface area contributed by atoms with E-state index in [4.69, 9.17) is 0 Å². The number of thioether (sulfide) groups is 1. The van der Waals surface area contributed by atoms with Gasteiger partial charge in [-0.25, -0.2) is 4.79 Å². The van der Waals surface area contributed by atoms with E-state index in [1.807, 2.05) is 11.8 Å². The van der Waals surface area contributed by atoms with Gasteiger partial charge in [-0.15, -0.1) is 0 Å². The molecule has 0 spiro atoms. The van der Waals surface area contributed by atoms with Crippen LogP contribution in [0.1, 0.15) is 51.4 Å². The van der Waals surface area contributed by atoms with Crippen molar-refractivity contribution >= 4 is 29.6 Å². The van der Waals surface area contributed by atoms with Crippen LogP contribution in [-0.2, 0) is 9.59 Å². The fraction of sp³-hybridized carbons (Fsp3) is 0.824. The fourth-order valence-corrected chi connectivity index (χ4v) is 4.85. The summed E-state index contributed by atoms with van der Waals surface area (Å²) in [5, 5.41) is 12.0. The van der Waals surface area contributed by atoms with Crippen LogP contribution in [0.3, 0.4) is 0 Å². The van der Waals surface area contributed by atoms with Crippen LogP contribution in [0, 0.1) is 0 Å². The second kappa shape index (κ2) is 10.5. The van der Waals surface area contributed by atoms with Crippen LogP contribution < -0.4 is 21.3 Å². The second-order valence-electron chi connectivity index (χ2n) is 6.70. The highest BCUT2D eigenvalue weighted by Gasteiger charge is 2.42. The van der Waals surface area contributed by atoms with Gasteiger partial charge in [-0.3, -0.25) is 9.59 Å². The SMILES string of the molecule is CNC(=O)CCCCCNC(=O)CCCC[C@@H]1SC[C@@H]2NC(=O)N[C@@H]21. The summed E-state index contributed by atoms with van der Waals surface area (Å²) < 4.78 is 0. The molecular weight excluding hydrogens is 340 g/mol. The second-order valence-corrected chi connectivity index (χ2v) is 7.97. The van der Waals surface area contributed by atoms with Gasteiger partial charge in [0.25, 0.3) is 0 Å². The molecule has 0 aromatic rings. The van der Waals surface area contributed by atoms with Gasteiger partial charge in [-0.2, -0.15) is 11.8 Å². The Morgan fingerprint density at radius 3 is 2.64 bits per heavy atom. The van der Waals surface area contributed by atoms with Gasteiger partial charge in [0.1, 0.15) is 0 Å². The molecule has 2 rings (SSSR count). The number of unbranched alkanes of at least 4 members (excludes halogenated alkanes) is 3. The lowest BCUT2D eigenvalue weighted by atomic mass is 10.0. The number of carbonyl (C=O) groups is 3. The number of amides is 4. The minimum atomic E-state index is -0.0463. The summed E-state index contributed by atoms with van der Waals surface area (Å²) >= 11 is 1.91. The summed E-state index contributed by atoms with van der Waals surface area (Å²) in [6, 6.07) is 0.477. The van der Waals surface area contributed by atoms with E-state index >= 15 is 0 Å². The van der Waals surface area contributed by atoms with Gasteiger partial charge in [0.2, 0.25) is 11.8 Å². The molecule has 0 aromatic carbocycles. The van der Waals surface area contributed by atoms with Crippen molar-refractivity contribution < 1.29 is 14.4 Å². The Morgan fingerprint density at radius 2 is 1.84 bits per heavy atom. The highest BCUT2D eigenvalue weighted by Crippen LogP contribution is 2.33. The van der Waals surface area contributed by atoms with Crippen molar-refractivity contribution in [3.63, 3.8) is 0 Å². The predicted octanol–water partition coefficient (Wildman–Crippen LogP) is 1.13. The van der Waals surface area contributed by atoms with Crippen LogP contribution in [-0.4, -0.2) is 54.5 Å². The highest BCUT2D eigenvalue weighted by atomic mass is 32.2. The maximum absolute atomic E-state index is 11.8. The van der Waals surface area contributed by atoms with E-state index < -0.39 is 0 Å². The third-order valence-electron chi connectivity index (χ3n) is 4.76. The molecule has 0 aromatic heterocycles. The Labute approximate surface area is 153 Å². The van der Waals surface area contributed by atoms with Gasteiger partial charge < -0.3 is 21.3 Å². The lowest BCUT2D eigenvalue weighted by Crippen LogP contribution is -2.36. The highest BCUT2D eigenvalue weighted by molar-refractivity contribution is 8.00. The lowest BCUT2D eigenvalue weighted by molar-refractivity contribution is -0.122. The maximum Gasteiger partial charge on any atom is 0.315 e. The molecule has 0 aliphatic carbocycles. The summed E-state index contributed by atoms with van der Waals surface area (Å²) in [5.74, 6) is 1.16. The van der Waals surface area contributed by atoms with Gasteiger partial charge in [0.05, 0.1) is 12.1 Å². The molecule has 8 heteroatoms. The number of nitrogens with one attached hydrogen (secondary N) is 4. The van der Waals surface area contributed by atoms with Crippen molar-refractivity contribution in [2.75, 3.05) is 19.3 Å². The standard InChI is InChI=1S/C17H30N4O3S/c1-18-14(22)8-3-2-6-10-19-15(23)9-5-4-7-13-16-12(11-25-13)20-17(24)21-16/h12-13,16H,2-11H2,1H3,(H,18,22)(H,19,23)(H2,20,21,24)/t12-,13-,16-/m0/s1. The number of hydrogen-bond donors (Lipinski definition) is 4. The van der Waals surface area contributed by atoms with Crippen molar-refractivity contribution in [2.45, 2.75) is 68.7 Å². The summed E-state index contributed by atoms with van der Waals surface area (Å²) in [5.41, 5.74) is 0. The van der Waals surface area contributed by atoms with E-state index in [0.717, 1.165) is 44.3 Å². The molecule has 4 amide bonds. The summed E-state index contributed by atoms with van der Waals surface area (Å²) in [6.07, 6.45) is 6.79. The van der Waals surface area contributed by atoms with Gasteiger partial charge in [0, 0.05) is 37.4 Å². The van der Waals surface area contributed by atoms with Crippen LogP contribution in [0.2, 0.25) is 0 Å². The van der Waals surface area contributed by atoms with E-state index in [1.54, 1.807) is 7.05 Å². The van der Waals surface area contributed by atoms with E-state index in [0.29, 0.717) is 24.6 Å². The molecule has 0 bridgehead atoms. The minimum absolute atomic E-state index is 0.0463. The fourth-order valence-electron chi connectivity index (χ4n) is 3.30. The van der Waals surface area contributed by atoms with Crippen LogP contribution in [0.4, 0.5) is 4.79 Å². The molecule has 0 radical (unpaired) electrons. The zero-order valence-corrected chi connectivity index (χ0v) is 15.8. The monoisotopic (exact) mass is 370 g/mol. The first kappa shape index (κ1) is 19.9. The summed E-state index contributed by atoms with van der Waals surface area (Å²) in [4.78, 5) is 34.2. The molecule has 25 heavy (non-hydrogen) atoms. The number of urea groups is 1. The predicted molar refractivity (Wildman–Crippen MR) is 99.5 cm³/mol. The zero-order valence-electron chi connectivity index (χ0n) is 14.9. The first-order valence-corrected chi connectivity index (χ1v) is 10.3. The van der Waals surface area contributed by atoms with Crippen LogP contribution in [0.25, 0.3) is 0 Å². The Balaban J connectivity index is 1.44. The van der Waals surface area contributed by atoms with Crippen molar-refractivity contribution in [1.82, 2.24) is 21.3 Å². The molecule has 4 N–H and O–H groups in total. The Morgan fingerprint density at radius 1 is 1.08 bits per heavy atom. The first-order valence-electron chi connectivity index (χ1n) is 9.26. The number of hydrogen-bond acceptors (Lipinski definition) is 4. The van der Waals surface area contributed by atoms with Gasteiger partial charge >= 0.3 is 6.03 Å². The molecule has 7 nitrogen and oxygen atoms in total. The van der Waals surface area contributed by atoms with Gasteiger partial charge in [0.15, 0.2) is 0 Å². The van der Waals surface area contributed by atoms with E-state index in [-0.39, 0.29) is 29.9 Å². The van der Waals surface area contributed by atoms with Crippen molar-refractivity contribution in [1.29, 1.82) is 0 Å². The molecular formula is C17H30N4O3S. The Hall–Kier alpha value is -1.44. The molecule has 3 atom stereocenters. The van der Waals surface area contributed by atoms with Crippen LogP contribution in [0.5, 0.6) is 0 Å². The van der Waals surface area contributed by atoms with Crippen molar-refractivity contribution in [3.8, 4) is 0 Å². The molecule has 2 heterocycles. The summed E-state index contributed by atoms with van der Waals surface area (Å²) in [6.45, 7) is 0.687. The molecule has 2 saturated heterocycles. The molecule has 2 aliphatic heterocycles. The average Bonchev–Trinajstić information content (AvgIpc) is 3.14. The third-order valence-corrected chi connectivity index (χ3v) is 6.27. The minimum Gasteiger partial charge on any atom is -0.359 e. The number of rotatable bonds is 11. The van der Waals surface area contributed by atoms with E-state index in [2.05, 4.69) is 21.3 Å². The smallest absolute Gasteiger partial charge is 0.315 e. The van der Waals surface area contributed by atoms with E-state index in [9.17, 15) is 14.4 Å². The lowest BCUT2D eigenvalue weighted by Gasteiger charge is -2.16. The molecule has 0 saturated carbocycles. The number of carbonyl (C=O) groups excluding carboxylic acids is 3. The normalized spacial score (nSPS) is 24.4. The van der Waals surface area contributed by atoms with Crippen molar-refractivity contribution in [3.05, 3.63) is 0 Å². The quantitative estimate of drug-likeness (QED) is 0.324. The molecule has 2 fully saturated rings.